The molecule has 1 heterocycles. The van der Waals surface area contributed by atoms with Crippen molar-refractivity contribution in [1.82, 2.24) is 4.90 Å². The highest BCUT2D eigenvalue weighted by Crippen LogP contribution is 2.22. The van der Waals surface area contributed by atoms with Gasteiger partial charge in [0.2, 0.25) is 0 Å². The number of carbonyl (C=O) groups is 1. The summed E-state index contributed by atoms with van der Waals surface area (Å²) in [6.45, 7) is 1.93. The molecule has 1 atom stereocenters. The van der Waals surface area contributed by atoms with Gasteiger partial charge in [0.1, 0.15) is 11.5 Å². The van der Waals surface area contributed by atoms with Crippen LogP contribution in [0.3, 0.4) is 0 Å². The molecular formula is C21H22N2O3. The van der Waals surface area contributed by atoms with Crippen LogP contribution in [-0.2, 0) is 0 Å². The van der Waals surface area contributed by atoms with E-state index in [2.05, 4.69) is 6.07 Å². The van der Waals surface area contributed by atoms with Crippen LogP contribution in [0.25, 0.3) is 0 Å². The number of benzene rings is 2. The van der Waals surface area contributed by atoms with Crippen molar-refractivity contribution in [3.63, 3.8) is 0 Å². The quantitative estimate of drug-likeness (QED) is 0.828. The third kappa shape index (κ3) is 4.15. The number of methoxy groups -OCH3 is 1. The molecule has 0 spiro atoms. The van der Waals surface area contributed by atoms with Crippen LogP contribution in [0.2, 0.25) is 0 Å². The van der Waals surface area contributed by atoms with E-state index < -0.39 is 0 Å². The first kappa shape index (κ1) is 17.8. The van der Waals surface area contributed by atoms with Crippen molar-refractivity contribution in [3.05, 3.63) is 59.7 Å². The van der Waals surface area contributed by atoms with Crippen molar-refractivity contribution < 1.29 is 14.3 Å². The zero-order valence-electron chi connectivity index (χ0n) is 14.9. The summed E-state index contributed by atoms with van der Waals surface area (Å²) < 4.78 is 11.0. The third-order valence-electron chi connectivity index (χ3n) is 4.63. The second-order valence-corrected chi connectivity index (χ2v) is 6.40. The van der Waals surface area contributed by atoms with Crippen LogP contribution in [0.4, 0.5) is 0 Å². The molecule has 2 aromatic carbocycles. The van der Waals surface area contributed by atoms with Gasteiger partial charge in [-0.05, 0) is 49.2 Å². The zero-order valence-corrected chi connectivity index (χ0v) is 14.9. The van der Waals surface area contributed by atoms with Gasteiger partial charge in [-0.3, -0.25) is 4.79 Å². The van der Waals surface area contributed by atoms with E-state index in [1.807, 2.05) is 29.2 Å². The summed E-state index contributed by atoms with van der Waals surface area (Å²) >= 11 is 0. The number of piperidine rings is 1. The molecule has 0 bridgehead atoms. The Morgan fingerprint density at radius 1 is 1.19 bits per heavy atom. The highest BCUT2D eigenvalue weighted by atomic mass is 16.5. The van der Waals surface area contributed by atoms with Crippen molar-refractivity contribution in [3.8, 4) is 17.6 Å². The molecule has 0 radical (unpaired) electrons. The Hall–Kier alpha value is -3.00. The Kier molecular flexibility index (Phi) is 5.75. The fraction of sp³-hybridized carbons (Fsp3) is 0.333. The summed E-state index contributed by atoms with van der Waals surface area (Å²) in [6, 6.07) is 16.6. The summed E-state index contributed by atoms with van der Waals surface area (Å²) in [5, 5.41) is 9.22. The fourth-order valence-electron chi connectivity index (χ4n) is 3.21. The van der Waals surface area contributed by atoms with E-state index in [0.29, 0.717) is 24.3 Å². The lowest BCUT2D eigenvalue weighted by Gasteiger charge is -2.33. The van der Waals surface area contributed by atoms with Gasteiger partial charge < -0.3 is 14.4 Å². The van der Waals surface area contributed by atoms with E-state index in [1.165, 1.54) is 0 Å². The number of nitriles is 1. The number of rotatable bonds is 5. The molecule has 26 heavy (non-hydrogen) atoms. The van der Waals surface area contributed by atoms with E-state index in [1.54, 1.807) is 31.4 Å². The van der Waals surface area contributed by atoms with Gasteiger partial charge in [0.05, 0.1) is 30.9 Å². The van der Waals surface area contributed by atoms with E-state index in [-0.39, 0.29) is 11.8 Å². The van der Waals surface area contributed by atoms with Gasteiger partial charge in [-0.1, -0.05) is 12.1 Å². The monoisotopic (exact) mass is 350 g/mol. The van der Waals surface area contributed by atoms with Gasteiger partial charge in [-0.2, -0.15) is 5.26 Å². The molecule has 0 unspecified atom stereocenters. The highest BCUT2D eigenvalue weighted by molar-refractivity contribution is 5.96. The maximum Gasteiger partial charge on any atom is 0.255 e. The molecule has 1 saturated heterocycles. The summed E-state index contributed by atoms with van der Waals surface area (Å²) in [5.41, 5.74) is 0.904. The minimum Gasteiger partial charge on any atom is -0.497 e. The number of ether oxygens (including phenoxy) is 2. The van der Waals surface area contributed by atoms with E-state index in [9.17, 15) is 10.1 Å². The number of amides is 1. The molecule has 0 saturated carbocycles. The lowest BCUT2D eigenvalue weighted by molar-refractivity contribution is 0.0633. The third-order valence-corrected chi connectivity index (χ3v) is 4.63. The van der Waals surface area contributed by atoms with Gasteiger partial charge in [-0.15, -0.1) is 0 Å². The lowest BCUT2D eigenvalue weighted by atomic mass is 9.97. The van der Waals surface area contributed by atoms with Crippen molar-refractivity contribution in [2.45, 2.75) is 12.8 Å². The van der Waals surface area contributed by atoms with Gasteiger partial charge in [0.15, 0.2) is 0 Å². The highest BCUT2D eigenvalue weighted by Gasteiger charge is 2.26. The molecule has 5 heteroatoms. The molecule has 0 N–H and O–H groups in total. The number of likely N-dealkylation sites (tertiary alicyclic amines) is 1. The molecule has 2 aromatic rings. The zero-order chi connectivity index (χ0) is 18.4. The Bertz CT molecular complexity index is 796. The Morgan fingerprint density at radius 3 is 2.65 bits per heavy atom. The molecule has 3 rings (SSSR count). The summed E-state index contributed by atoms with van der Waals surface area (Å²) in [5.74, 6) is 1.80. The first-order valence-electron chi connectivity index (χ1n) is 8.76. The molecule has 1 fully saturated rings. The molecule has 1 aliphatic heterocycles. The second-order valence-electron chi connectivity index (χ2n) is 6.40. The van der Waals surface area contributed by atoms with Gasteiger partial charge in [0, 0.05) is 19.0 Å². The van der Waals surface area contributed by atoms with Crippen molar-refractivity contribution >= 4 is 5.91 Å². The van der Waals surface area contributed by atoms with E-state index >= 15 is 0 Å². The van der Waals surface area contributed by atoms with Gasteiger partial charge >= 0.3 is 0 Å². The molecule has 5 nitrogen and oxygen atoms in total. The van der Waals surface area contributed by atoms with Gasteiger partial charge in [-0.25, -0.2) is 0 Å². The largest absolute Gasteiger partial charge is 0.497 e. The topological polar surface area (TPSA) is 62.6 Å². The Labute approximate surface area is 153 Å². The average molecular weight is 350 g/mol. The molecule has 0 aromatic heterocycles. The standard InChI is InChI=1S/C21H22N2O3/c1-25-18-8-10-19(11-9-18)26-15-16-5-4-12-23(14-16)21(24)20-7-3-2-6-17(20)13-22/h2-3,6-11,16H,4-5,12,14-15H2,1H3/t16-/m1/s1. The van der Waals surface area contributed by atoms with E-state index in [0.717, 1.165) is 30.9 Å². The fourth-order valence-corrected chi connectivity index (χ4v) is 3.21. The number of hydrogen-bond acceptors (Lipinski definition) is 4. The van der Waals surface area contributed by atoms with Crippen LogP contribution in [-0.4, -0.2) is 37.6 Å². The Balaban J connectivity index is 1.60. The normalized spacial score (nSPS) is 16.6. The van der Waals surface area contributed by atoms with Crippen LogP contribution in [0.5, 0.6) is 11.5 Å². The minimum atomic E-state index is -0.0729. The first-order chi connectivity index (χ1) is 12.7. The summed E-state index contributed by atoms with van der Waals surface area (Å²) in [7, 11) is 1.63. The second kappa shape index (κ2) is 8.39. The van der Waals surface area contributed by atoms with E-state index in [4.69, 9.17) is 9.47 Å². The van der Waals surface area contributed by atoms with Crippen LogP contribution >= 0.6 is 0 Å². The Morgan fingerprint density at radius 2 is 1.92 bits per heavy atom. The average Bonchev–Trinajstić information content (AvgIpc) is 2.72. The minimum absolute atomic E-state index is 0.0729. The van der Waals surface area contributed by atoms with Crippen molar-refractivity contribution in [2.24, 2.45) is 5.92 Å². The number of hydrogen-bond donors (Lipinski definition) is 0. The van der Waals surface area contributed by atoms with Crippen LogP contribution < -0.4 is 9.47 Å². The molecular weight excluding hydrogens is 328 g/mol. The lowest BCUT2D eigenvalue weighted by Crippen LogP contribution is -2.41. The predicted octanol–water partition coefficient (Wildman–Crippen LogP) is 3.50. The maximum absolute atomic E-state index is 12.8. The molecule has 0 aliphatic carbocycles. The summed E-state index contributed by atoms with van der Waals surface area (Å²) in [4.78, 5) is 14.6. The summed E-state index contributed by atoms with van der Waals surface area (Å²) in [6.07, 6.45) is 1.97. The molecule has 1 amide bonds. The molecule has 1 aliphatic rings. The predicted molar refractivity (Wildman–Crippen MR) is 98.3 cm³/mol. The van der Waals surface area contributed by atoms with Crippen LogP contribution in [0.1, 0.15) is 28.8 Å². The first-order valence-corrected chi connectivity index (χ1v) is 8.76. The van der Waals surface area contributed by atoms with Crippen LogP contribution in [0.15, 0.2) is 48.5 Å². The van der Waals surface area contributed by atoms with Crippen molar-refractivity contribution in [2.75, 3.05) is 26.8 Å². The number of nitrogens with zero attached hydrogens (tertiary/aromatic N) is 2. The smallest absolute Gasteiger partial charge is 0.255 e. The van der Waals surface area contributed by atoms with Gasteiger partial charge in [0.25, 0.3) is 5.91 Å². The molecule has 134 valence electrons. The van der Waals surface area contributed by atoms with Crippen LogP contribution in [0, 0.1) is 17.2 Å². The number of carbonyl (C=O) groups excluding carboxylic acids is 1. The SMILES string of the molecule is COc1ccc(OC[C@@H]2CCCN(C(=O)c3ccccc3C#N)C2)cc1. The van der Waals surface area contributed by atoms with Crippen molar-refractivity contribution in [1.29, 1.82) is 5.26 Å². The maximum atomic E-state index is 12.8.